The van der Waals surface area contributed by atoms with Gasteiger partial charge in [0.25, 0.3) is 5.91 Å². The van der Waals surface area contributed by atoms with Crippen LogP contribution in [0.3, 0.4) is 0 Å². The van der Waals surface area contributed by atoms with Crippen LogP contribution in [-0.2, 0) is 0 Å². The van der Waals surface area contributed by atoms with Gasteiger partial charge in [0, 0.05) is 11.8 Å². The number of carbonyl (C=O) groups is 1. The van der Waals surface area contributed by atoms with Crippen LogP contribution >= 0.6 is 0 Å². The molecule has 0 spiro atoms. The highest BCUT2D eigenvalue weighted by Gasteiger charge is 2.32. The SMILES string of the molecule is O=C1[N]C=Cc2cc(-c3ccccc3)nc(Nc3ccccc3OC(F)(F)F)c21. The van der Waals surface area contributed by atoms with E-state index in [0.717, 1.165) is 5.56 Å². The van der Waals surface area contributed by atoms with Crippen molar-refractivity contribution in [2.45, 2.75) is 6.36 Å². The monoisotopic (exact) mass is 396 g/mol. The predicted molar refractivity (Wildman–Crippen MR) is 102 cm³/mol. The van der Waals surface area contributed by atoms with Gasteiger partial charge in [0.15, 0.2) is 5.75 Å². The number of halogens is 3. The number of pyridine rings is 1. The van der Waals surface area contributed by atoms with Crippen LogP contribution in [-0.4, -0.2) is 17.3 Å². The molecule has 29 heavy (non-hydrogen) atoms. The Hall–Kier alpha value is -3.81. The molecule has 0 atom stereocenters. The molecular weight excluding hydrogens is 383 g/mol. The van der Waals surface area contributed by atoms with Gasteiger partial charge in [0.2, 0.25) is 0 Å². The van der Waals surface area contributed by atoms with Gasteiger partial charge in [0.1, 0.15) is 5.82 Å². The first kappa shape index (κ1) is 18.5. The largest absolute Gasteiger partial charge is 0.573 e. The second-order valence-electron chi connectivity index (χ2n) is 6.11. The summed E-state index contributed by atoms with van der Waals surface area (Å²) in [6, 6.07) is 16.5. The number of aromatic nitrogens is 1. The first-order valence-corrected chi connectivity index (χ1v) is 8.55. The van der Waals surface area contributed by atoms with E-state index in [2.05, 4.69) is 20.4 Å². The third kappa shape index (κ3) is 4.06. The highest BCUT2D eigenvalue weighted by Crippen LogP contribution is 2.35. The van der Waals surface area contributed by atoms with Gasteiger partial charge in [-0.3, -0.25) is 4.79 Å². The Morgan fingerprint density at radius 3 is 2.45 bits per heavy atom. The summed E-state index contributed by atoms with van der Waals surface area (Å²) in [6.07, 6.45) is -1.83. The number of carbonyl (C=O) groups excluding carboxylic acids is 1. The van der Waals surface area contributed by atoms with E-state index in [1.165, 1.54) is 24.4 Å². The van der Waals surface area contributed by atoms with E-state index in [4.69, 9.17) is 0 Å². The molecule has 8 heteroatoms. The lowest BCUT2D eigenvalue weighted by Gasteiger charge is -2.18. The quantitative estimate of drug-likeness (QED) is 0.665. The van der Waals surface area contributed by atoms with Crippen molar-refractivity contribution in [1.29, 1.82) is 0 Å². The van der Waals surface area contributed by atoms with Gasteiger partial charge in [-0.05, 0) is 29.8 Å². The number of rotatable bonds is 4. The van der Waals surface area contributed by atoms with Crippen LogP contribution < -0.4 is 15.4 Å². The van der Waals surface area contributed by atoms with E-state index in [1.54, 1.807) is 18.2 Å². The minimum Gasteiger partial charge on any atom is -0.404 e. The summed E-state index contributed by atoms with van der Waals surface area (Å²) in [4.78, 5) is 16.8. The molecule has 0 saturated carbocycles. The summed E-state index contributed by atoms with van der Waals surface area (Å²) < 4.78 is 42.3. The number of alkyl halides is 3. The molecule has 1 aromatic heterocycles. The van der Waals surface area contributed by atoms with Crippen molar-refractivity contribution in [3.05, 3.63) is 78.0 Å². The maximum absolute atomic E-state index is 12.7. The summed E-state index contributed by atoms with van der Waals surface area (Å²) in [5.74, 6) is -0.875. The highest BCUT2D eigenvalue weighted by molar-refractivity contribution is 6.05. The molecule has 0 aliphatic carbocycles. The number of fused-ring (bicyclic) bond motifs is 1. The fourth-order valence-electron chi connectivity index (χ4n) is 2.93. The molecule has 0 bridgehead atoms. The predicted octanol–water partition coefficient (Wildman–Crippen LogP) is 5.12. The lowest BCUT2D eigenvalue weighted by molar-refractivity contribution is -0.274. The van der Waals surface area contributed by atoms with Crippen LogP contribution in [0.25, 0.3) is 17.3 Å². The van der Waals surface area contributed by atoms with E-state index in [0.29, 0.717) is 11.3 Å². The average Bonchev–Trinajstić information content (AvgIpc) is 2.69. The molecule has 1 N–H and O–H groups in total. The zero-order valence-corrected chi connectivity index (χ0v) is 14.8. The van der Waals surface area contributed by atoms with Gasteiger partial charge < -0.3 is 10.1 Å². The van der Waals surface area contributed by atoms with Crippen molar-refractivity contribution in [3.8, 4) is 17.0 Å². The van der Waals surface area contributed by atoms with Crippen molar-refractivity contribution >= 4 is 23.5 Å². The Morgan fingerprint density at radius 1 is 0.966 bits per heavy atom. The van der Waals surface area contributed by atoms with Crippen LogP contribution in [0.1, 0.15) is 15.9 Å². The van der Waals surface area contributed by atoms with E-state index >= 15 is 0 Å². The number of benzene rings is 2. The molecule has 2 heterocycles. The van der Waals surface area contributed by atoms with Crippen LogP contribution in [0.5, 0.6) is 5.75 Å². The van der Waals surface area contributed by atoms with Crippen molar-refractivity contribution in [3.63, 3.8) is 0 Å². The molecule has 0 saturated heterocycles. The second kappa shape index (κ2) is 7.31. The summed E-state index contributed by atoms with van der Waals surface area (Å²) in [5.41, 5.74) is 2.11. The van der Waals surface area contributed by atoms with E-state index in [9.17, 15) is 18.0 Å². The Morgan fingerprint density at radius 2 is 1.69 bits per heavy atom. The Bertz CT molecular complexity index is 1100. The third-order valence-corrected chi connectivity index (χ3v) is 4.15. The minimum absolute atomic E-state index is 0.0205. The van der Waals surface area contributed by atoms with Crippen molar-refractivity contribution < 1.29 is 22.7 Å². The Kier molecular flexibility index (Phi) is 4.67. The average molecular weight is 396 g/mol. The van der Waals surface area contributed by atoms with Crippen LogP contribution in [0.4, 0.5) is 24.7 Å². The Labute approximate surface area is 163 Å². The number of ether oxygens (including phenoxy) is 1. The molecule has 1 aliphatic rings. The molecule has 0 unspecified atom stereocenters. The molecule has 3 aromatic rings. The van der Waals surface area contributed by atoms with Gasteiger partial charge in [0.05, 0.1) is 16.9 Å². The highest BCUT2D eigenvalue weighted by atomic mass is 19.4. The number of nitrogens with zero attached hydrogens (tertiary/aromatic N) is 2. The smallest absolute Gasteiger partial charge is 0.404 e. The first-order chi connectivity index (χ1) is 13.9. The fraction of sp³-hybridized carbons (Fsp3) is 0.0476. The zero-order valence-electron chi connectivity index (χ0n) is 14.8. The standard InChI is InChI=1S/C21H13F3N3O2/c22-21(23,24)29-17-9-5-4-8-15(17)26-19-18-14(10-11-25-20(18)28)12-16(27-19)13-6-2-1-3-7-13/h1-12H,(H,26,27). The summed E-state index contributed by atoms with van der Waals surface area (Å²) >= 11 is 0. The number of hydrogen-bond donors (Lipinski definition) is 1. The van der Waals surface area contributed by atoms with E-state index in [-0.39, 0.29) is 17.1 Å². The van der Waals surface area contributed by atoms with Gasteiger partial charge in [-0.1, -0.05) is 42.5 Å². The molecule has 0 fully saturated rings. The summed E-state index contributed by atoms with van der Waals surface area (Å²) in [7, 11) is 0. The molecule has 1 aliphatic heterocycles. The van der Waals surface area contributed by atoms with Crippen LogP contribution in [0.2, 0.25) is 0 Å². The molecule has 1 amide bonds. The maximum atomic E-state index is 12.7. The lowest BCUT2D eigenvalue weighted by Crippen LogP contribution is -2.20. The van der Waals surface area contributed by atoms with Crippen molar-refractivity contribution in [1.82, 2.24) is 10.3 Å². The number of nitrogens with one attached hydrogen (secondary N) is 1. The van der Waals surface area contributed by atoms with E-state index in [1.807, 2.05) is 30.3 Å². The van der Waals surface area contributed by atoms with Crippen LogP contribution in [0.15, 0.2) is 66.9 Å². The van der Waals surface area contributed by atoms with Gasteiger partial charge in [-0.2, -0.15) is 0 Å². The Balaban J connectivity index is 1.82. The second-order valence-corrected chi connectivity index (χ2v) is 6.11. The molecular formula is C21H13F3N3O2. The number of amides is 1. The summed E-state index contributed by atoms with van der Waals surface area (Å²) in [5, 5.41) is 6.56. The lowest BCUT2D eigenvalue weighted by atomic mass is 10.0. The molecule has 145 valence electrons. The van der Waals surface area contributed by atoms with Crippen LogP contribution in [0, 0.1) is 0 Å². The molecule has 4 rings (SSSR count). The third-order valence-electron chi connectivity index (χ3n) is 4.15. The normalized spacial score (nSPS) is 12.9. The fourth-order valence-corrected chi connectivity index (χ4v) is 2.93. The first-order valence-electron chi connectivity index (χ1n) is 8.55. The number of hydrogen-bond acceptors (Lipinski definition) is 4. The molecule has 2 aromatic carbocycles. The van der Waals surface area contributed by atoms with Gasteiger partial charge >= 0.3 is 6.36 Å². The molecule has 5 nitrogen and oxygen atoms in total. The van der Waals surface area contributed by atoms with Gasteiger partial charge in [-0.25, -0.2) is 10.3 Å². The number of para-hydroxylation sites is 2. The van der Waals surface area contributed by atoms with E-state index < -0.39 is 18.0 Å². The topological polar surface area (TPSA) is 65.3 Å². The number of anilines is 2. The maximum Gasteiger partial charge on any atom is 0.573 e. The van der Waals surface area contributed by atoms with Crippen molar-refractivity contribution in [2.24, 2.45) is 0 Å². The van der Waals surface area contributed by atoms with Crippen molar-refractivity contribution in [2.75, 3.05) is 5.32 Å². The van der Waals surface area contributed by atoms with Gasteiger partial charge in [-0.15, -0.1) is 13.2 Å². The molecule has 1 radical (unpaired) electrons. The zero-order chi connectivity index (χ0) is 20.4. The minimum atomic E-state index is -4.86. The summed E-state index contributed by atoms with van der Waals surface area (Å²) in [6.45, 7) is 0.